The molecule has 1 aromatic carbocycles. The standard InChI is InChI=1S/C14H20O2/c1-11(2)4-3-5-12-6-7-13-14(10-12)16-9-8-15-13/h6-7,10-11H,3-5,8-9H2,1-2H3. The number of aryl methyl sites for hydroxylation is 1. The lowest BCUT2D eigenvalue weighted by Crippen LogP contribution is -2.15. The largest absolute Gasteiger partial charge is 0.486 e. The Balaban J connectivity index is 1.95. The van der Waals surface area contributed by atoms with Gasteiger partial charge in [0.1, 0.15) is 13.2 Å². The predicted octanol–water partition coefficient (Wildman–Crippen LogP) is 3.44. The minimum atomic E-state index is 0.666. The minimum absolute atomic E-state index is 0.666. The number of fused-ring (bicyclic) bond motifs is 1. The van der Waals surface area contributed by atoms with Crippen LogP contribution in [0.2, 0.25) is 0 Å². The van der Waals surface area contributed by atoms with E-state index in [1.807, 2.05) is 6.07 Å². The van der Waals surface area contributed by atoms with Crippen molar-refractivity contribution in [2.24, 2.45) is 5.92 Å². The van der Waals surface area contributed by atoms with E-state index in [0.29, 0.717) is 13.2 Å². The van der Waals surface area contributed by atoms with Gasteiger partial charge in [-0.25, -0.2) is 0 Å². The summed E-state index contributed by atoms with van der Waals surface area (Å²) >= 11 is 0. The van der Waals surface area contributed by atoms with E-state index in [4.69, 9.17) is 9.47 Å². The molecule has 0 spiro atoms. The maximum atomic E-state index is 5.57. The van der Waals surface area contributed by atoms with E-state index in [-0.39, 0.29) is 0 Å². The van der Waals surface area contributed by atoms with E-state index in [1.165, 1.54) is 18.4 Å². The van der Waals surface area contributed by atoms with Crippen molar-refractivity contribution in [3.05, 3.63) is 23.8 Å². The van der Waals surface area contributed by atoms with Gasteiger partial charge in [-0.1, -0.05) is 26.3 Å². The van der Waals surface area contributed by atoms with Gasteiger partial charge in [0, 0.05) is 0 Å². The molecule has 88 valence electrons. The Morgan fingerprint density at radius 2 is 1.88 bits per heavy atom. The Morgan fingerprint density at radius 1 is 1.12 bits per heavy atom. The molecule has 0 aliphatic carbocycles. The first-order valence-electron chi connectivity index (χ1n) is 6.14. The molecule has 0 aromatic heterocycles. The summed E-state index contributed by atoms with van der Waals surface area (Å²) in [6, 6.07) is 6.29. The van der Waals surface area contributed by atoms with Gasteiger partial charge in [-0.15, -0.1) is 0 Å². The zero-order chi connectivity index (χ0) is 11.4. The maximum Gasteiger partial charge on any atom is 0.161 e. The topological polar surface area (TPSA) is 18.5 Å². The van der Waals surface area contributed by atoms with E-state index >= 15 is 0 Å². The molecular formula is C14H20O2. The third-order valence-corrected chi connectivity index (χ3v) is 2.85. The molecule has 1 heterocycles. The Kier molecular flexibility index (Phi) is 3.70. The van der Waals surface area contributed by atoms with Crippen LogP contribution in [0, 0.1) is 5.92 Å². The van der Waals surface area contributed by atoms with Crippen LogP contribution in [0.3, 0.4) is 0 Å². The fourth-order valence-corrected chi connectivity index (χ4v) is 1.96. The van der Waals surface area contributed by atoms with Gasteiger partial charge in [-0.3, -0.25) is 0 Å². The quantitative estimate of drug-likeness (QED) is 0.774. The highest BCUT2D eigenvalue weighted by Gasteiger charge is 2.11. The van der Waals surface area contributed by atoms with Gasteiger partial charge in [0.05, 0.1) is 0 Å². The van der Waals surface area contributed by atoms with E-state index < -0.39 is 0 Å². The van der Waals surface area contributed by atoms with Crippen molar-refractivity contribution in [2.75, 3.05) is 13.2 Å². The van der Waals surface area contributed by atoms with E-state index in [9.17, 15) is 0 Å². The SMILES string of the molecule is CC(C)CCCc1ccc2c(c1)OCCO2. The van der Waals surface area contributed by atoms with Gasteiger partial charge < -0.3 is 9.47 Å². The first-order valence-corrected chi connectivity index (χ1v) is 6.14. The summed E-state index contributed by atoms with van der Waals surface area (Å²) in [5.74, 6) is 2.59. The Labute approximate surface area is 97.6 Å². The lowest BCUT2D eigenvalue weighted by atomic mass is 10.0. The van der Waals surface area contributed by atoms with Crippen LogP contribution in [0.1, 0.15) is 32.3 Å². The third kappa shape index (κ3) is 2.91. The van der Waals surface area contributed by atoms with Crippen LogP contribution >= 0.6 is 0 Å². The van der Waals surface area contributed by atoms with E-state index in [1.54, 1.807) is 0 Å². The summed E-state index contributed by atoms with van der Waals surface area (Å²) in [6.07, 6.45) is 3.67. The molecule has 0 saturated carbocycles. The van der Waals surface area contributed by atoms with Gasteiger partial charge >= 0.3 is 0 Å². The van der Waals surface area contributed by atoms with Crippen molar-refractivity contribution in [1.82, 2.24) is 0 Å². The first kappa shape index (κ1) is 11.3. The molecule has 2 nitrogen and oxygen atoms in total. The highest BCUT2D eigenvalue weighted by Crippen LogP contribution is 2.31. The van der Waals surface area contributed by atoms with Gasteiger partial charge in [-0.2, -0.15) is 0 Å². The molecule has 1 aliphatic rings. The molecule has 16 heavy (non-hydrogen) atoms. The number of rotatable bonds is 4. The van der Waals surface area contributed by atoms with Crippen LogP contribution in [0.25, 0.3) is 0 Å². The van der Waals surface area contributed by atoms with Gasteiger partial charge in [-0.05, 0) is 36.5 Å². The second kappa shape index (κ2) is 5.24. The van der Waals surface area contributed by atoms with Crippen LogP contribution < -0.4 is 9.47 Å². The molecule has 0 N–H and O–H groups in total. The van der Waals surface area contributed by atoms with Crippen molar-refractivity contribution in [3.63, 3.8) is 0 Å². The van der Waals surface area contributed by atoms with Crippen LogP contribution in [0.15, 0.2) is 18.2 Å². The molecule has 0 amide bonds. The molecule has 2 rings (SSSR count). The third-order valence-electron chi connectivity index (χ3n) is 2.85. The van der Waals surface area contributed by atoms with Crippen LogP contribution in [0.5, 0.6) is 11.5 Å². The number of hydrogen-bond donors (Lipinski definition) is 0. The average Bonchev–Trinajstić information content (AvgIpc) is 2.28. The molecule has 0 bridgehead atoms. The zero-order valence-electron chi connectivity index (χ0n) is 10.2. The number of benzene rings is 1. The summed E-state index contributed by atoms with van der Waals surface area (Å²) in [6.45, 7) is 5.87. The van der Waals surface area contributed by atoms with E-state index in [2.05, 4.69) is 26.0 Å². The second-order valence-corrected chi connectivity index (χ2v) is 4.76. The van der Waals surface area contributed by atoms with Gasteiger partial charge in [0.15, 0.2) is 11.5 Å². The highest BCUT2D eigenvalue weighted by molar-refractivity contribution is 5.43. The predicted molar refractivity (Wildman–Crippen MR) is 65.2 cm³/mol. The van der Waals surface area contributed by atoms with Crippen molar-refractivity contribution >= 4 is 0 Å². The zero-order valence-corrected chi connectivity index (χ0v) is 10.2. The Hall–Kier alpha value is -1.18. The summed E-state index contributed by atoms with van der Waals surface area (Å²) in [4.78, 5) is 0. The van der Waals surface area contributed by atoms with Gasteiger partial charge in [0.25, 0.3) is 0 Å². The summed E-state index contributed by atoms with van der Waals surface area (Å²) < 4.78 is 11.1. The molecule has 0 fully saturated rings. The van der Waals surface area contributed by atoms with Gasteiger partial charge in [0.2, 0.25) is 0 Å². The molecule has 0 radical (unpaired) electrons. The summed E-state index contributed by atoms with van der Waals surface area (Å²) in [5, 5.41) is 0. The van der Waals surface area contributed by atoms with Crippen LogP contribution in [0.4, 0.5) is 0 Å². The van der Waals surface area contributed by atoms with Crippen molar-refractivity contribution in [3.8, 4) is 11.5 Å². The molecule has 1 aliphatic heterocycles. The molecule has 1 aromatic rings. The lowest BCUT2D eigenvalue weighted by molar-refractivity contribution is 0.171. The number of ether oxygens (including phenoxy) is 2. The summed E-state index contributed by atoms with van der Waals surface area (Å²) in [5.41, 5.74) is 1.35. The molecular weight excluding hydrogens is 200 g/mol. The molecule has 0 unspecified atom stereocenters. The highest BCUT2D eigenvalue weighted by atomic mass is 16.6. The lowest BCUT2D eigenvalue weighted by Gasteiger charge is -2.18. The maximum absolute atomic E-state index is 5.57. The smallest absolute Gasteiger partial charge is 0.161 e. The Bertz CT molecular complexity index is 345. The Morgan fingerprint density at radius 3 is 2.62 bits per heavy atom. The summed E-state index contributed by atoms with van der Waals surface area (Å²) in [7, 11) is 0. The van der Waals surface area contributed by atoms with Crippen molar-refractivity contribution in [1.29, 1.82) is 0 Å². The molecule has 0 atom stereocenters. The van der Waals surface area contributed by atoms with Crippen molar-refractivity contribution < 1.29 is 9.47 Å². The minimum Gasteiger partial charge on any atom is -0.486 e. The molecule has 2 heteroatoms. The normalized spacial score (nSPS) is 14.2. The fraction of sp³-hybridized carbons (Fsp3) is 0.571. The fourth-order valence-electron chi connectivity index (χ4n) is 1.96. The van der Waals surface area contributed by atoms with Crippen LogP contribution in [-0.4, -0.2) is 13.2 Å². The second-order valence-electron chi connectivity index (χ2n) is 4.76. The first-order chi connectivity index (χ1) is 7.75. The van der Waals surface area contributed by atoms with E-state index in [0.717, 1.165) is 23.8 Å². The van der Waals surface area contributed by atoms with Crippen LogP contribution in [-0.2, 0) is 6.42 Å². The monoisotopic (exact) mass is 220 g/mol. The number of hydrogen-bond acceptors (Lipinski definition) is 2. The molecule has 0 saturated heterocycles. The van der Waals surface area contributed by atoms with Crippen molar-refractivity contribution in [2.45, 2.75) is 33.1 Å². The average molecular weight is 220 g/mol.